The Kier molecular flexibility index (Phi) is 5.95. The predicted octanol–water partition coefficient (Wildman–Crippen LogP) is 6.06. The normalized spacial score (nSPS) is 11.4. The Bertz CT molecular complexity index is 1030. The summed E-state index contributed by atoms with van der Waals surface area (Å²) in [5.74, 6) is -0.778. The summed E-state index contributed by atoms with van der Waals surface area (Å²) >= 11 is 0. The molecule has 1 aromatic heterocycles. The van der Waals surface area contributed by atoms with Crippen LogP contribution >= 0.6 is 0 Å². The van der Waals surface area contributed by atoms with E-state index in [1.54, 1.807) is 6.08 Å². The van der Waals surface area contributed by atoms with Gasteiger partial charge in [-0.05, 0) is 55.2 Å². The number of aryl methyl sites for hydroxylation is 1. The molecule has 0 radical (unpaired) electrons. The second kappa shape index (κ2) is 8.57. The van der Waals surface area contributed by atoms with Crippen LogP contribution in [0.3, 0.4) is 0 Å². The molecule has 0 amide bonds. The maximum absolute atomic E-state index is 10.9. The maximum atomic E-state index is 10.9. The van der Waals surface area contributed by atoms with Gasteiger partial charge in [0.1, 0.15) is 0 Å². The van der Waals surface area contributed by atoms with Gasteiger partial charge in [-0.25, -0.2) is 0 Å². The zero-order valence-corrected chi connectivity index (χ0v) is 16.4. The first-order valence-corrected chi connectivity index (χ1v) is 9.40. The van der Waals surface area contributed by atoms with E-state index in [1.165, 1.54) is 11.1 Å². The van der Waals surface area contributed by atoms with Gasteiger partial charge in [-0.2, -0.15) is 0 Å². The fourth-order valence-corrected chi connectivity index (χ4v) is 3.50. The molecule has 3 heteroatoms. The average molecular weight is 371 g/mol. The van der Waals surface area contributed by atoms with E-state index in [-0.39, 0.29) is 6.42 Å². The molecule has 1 heterocycles. The third-order valence-corrected chi connectivity index (χ3v) is 4.90. The van der Waals surface area contributed by atoms with E-state index >= 15 is 0 Å². The Morgan fingerprint density at radius 1 is 1.11 bits per heavy atom. The number of carbonyl (C=O) groups is 1. The number of aliphatic carboxylic acids is 1. The second-order valence-electron chi connectivity index (χ2n) is 6.88. The monoisotopic (exact) mass is 371 g/mol. The Labute approximate surface area is 166 Å². The van der Waals surface area contributed by atoms with Crippen LogP contribution in [-0.4, -0.2) is 15.6 Å². The van der Waals surface area contributed by atoms with E-state index in [1.807, 2.05) is 36.4 Å². The molecule has 3 aromatic rings. The molecule has 28 heavy (non-hydrogen) atoms. The Balaban J connectivity index is 2.15. The highest BCUT2D eigenvalue weighted by atomic mass is 16.4. The van der Waals surface area contributed by atoms with Crippen LogP contribution in [0.5, 0.6) is 0 Å². The number of hydrogen-bond donors (Lipinski definition) is 1. The van der Waals surface area contributed by atoms with E-state index < -0.39 is 5.97 Å². The standard InChI is InChI=1S/C25H25NO2/c1-4-9-18(2)24-17-23(21-11-6-5-7-12-21)19(3)26(24)22-13-8-10-20(16-22)14-15-25(27)28/h4-13,16-17H,1,14-15H2,2-3H3,(H,27,28)/b18-9+. The van der Waals surface area contributed by atoms with Crippen LogP contribution in [0.1, 0.15) is 30.3 Å². The number of carboxylic acids is 1. The van der Waals surface area contributed by atoms with Crippen molar-refractivity contribution in [2.24, 2.45) is 0 Å². The molecule has 142 valence electrons. The average Bonchev–Trinajstić information content (AvgIpc) is 3.05. The van der Waals surface area contributed by atoms with Crippen molar-refractivity contribution in [1.82, 2.24) is 4.57 Å². The van der Waals surface area contributed by atoms with Crippen LogP contribution in [0.25, 0.3) is 22.4 Å². The number of rotatable bonds is 7. The van der Waals surface area contributed by atoms with E-state index in [9.17, 15) is 4.79 Å². The zero-order valence-electron chi connectivity index (χ0n) is 16.4. The fourth-order valence-electron chi connectivity index (χ4n) is 3.50. The smallest absolute Gasteiger partial charge is 0.303 e. The van der Waals surface area contributed by atoms with Crippen molar-refractivity contribution in [3.05, 3.63) is 96.3 Å². The number of benzene rings is 2. The second-order valence-corrected chi connectivity index (χ2v) is 6.88. The first kappa shape index (κ1) is 19.4. The molecule has 0 unspecified atom stereocenters. The fraction of sp³-hybridized carbons (Fsp3) is 0.160. The number of hydrogen-bond acceptors (Lipinski definition) is 1. The van der Waals surface area contributed by atoms with Gasteiger partial charge >= 0.3 is 5.97 Å². The van der Waals surface area contributed by atoms with Gasteiger partial charge in [0.15, 0.2) is 0 Å². The first-order valence-electron chi connectivity index (χ1n) is 9.40. The van der Waals surface area contributed by atoms with Crippen LogP contribution in [-0.2, 0) is 11.2 Å². The van der Waals surface area contributed by atoms with E-state index in [4.69, 9.17) is 5.11 Å². The molecule has 3 rings (SSSR count). The summed E-state index contributed by atoms with van der Waals surface area (Å²) in [6, 6.07) is 20.7. The van der Waals surface area contributed by atoms with Crippen molar-refractivity contribution in [2.75, 3.05) is 0 Å². The Morgan fingerprint density at radius 2 is 1.86 bits per heavy atom. The lowest BCUT2D eigenvalue weighted by atomic mass is 10.1. The maximum Gasteiger partial charge on any atom is 0.303 e. The van der Waals surface area contributed by atoms with Gasteiger partial charge in [0.25, 0.3) is 0 Å². The number of allylic oxidation sites excluding steroid dienone is 3. The van der Waals surface area contributed by atoms with Gasteiger partial charge in [0, 0.05) is 29.1 Å². The van der Waals surface area contributed by atoms with E-state index in [0.717, 1.165) is 28.2 Å². The lowest BCUT2D eigenvalue weighted by molar-refractivity contribution is -0.136. The summed E-state index contributed by atoms with van der Waals surface area (Å²) in [5, 5.41) is 8.99. The molecule has 0 aliphatic rings. The van der Waals surface area contributed by atoms with Crippen molar-refractivity contribution >= 4 is 11.5 Å². The van der Waals surface area contributed by atoms with Crippen molar-refractivity contribution in [2.45, 2.75) is 26.7 Å². The minimum absolute atomic E-state index is 0.131. The van der Waals surface area contributed by atoms with Crippen molar-refractivity contribution < 1.29 is 9.90 Å². The third-order valence-electron chi connectivity index (χ3n) is 4.90. The number of nitrogens with zero attached hydrogens (tertiary/aromatic N) is 1. The quantitative estimate of drug-likeness (QED) is 0.513. The molecular weight excluding hydrogens is 346 g/mol. The van der Waals surface area contributed by atoms with Gasteiger partial charge in [-0.15, -0.1) is 0 Å². The summed E-state index contributed by atoms with van der Waals surface area (Å²) in [4.78, 5) is 10.9. The van der Waals surface area contributed by atoms with Crippen LogP contribution < -0.4 is 0 Å². The number of carboxylic acid groups (broad SMARTS) is 1. The highest BCUT2D eigenvalue weighted by Crippen LogP contribution is 2.33. The molecule has 2 aromatic carbocycles. The largest absolute Gasteiger partial charge is 0.481 e. The van der Waals surface area contributed by atoms with Crippen LogP contribution in [0.15, 0.2) is 79.4 Å². The zero-order chi connectivity index (χ0) is 20.1. The van der Waals surface area contributed by atoms with Crippen molar-refractivity contribution in [3.8, 4) is 16.8 Å². The van der Waals surface area contributed by atoms with E-state index in [0.29, 0.717) is 6.42 Å². The van der Waals surface area contributed by atoms with Gasteiger partial charge in [0.05, 0.1) is 0 Å². The predicted molar refractivity (Wildman–Crippen MR) is 116 cm³/mol. The summed E-state index contributed by atoms with van der Waals surface area (Å²) in [7, 11) is 0. The lowest BCUT2D eigenvalue weighted by Crippen LogP contribution is -2.03. The number of aromatic nitrogens is 1. The van der Waals surface area contributed by atoms with Gasteiger partial charge in [0.2, 0.25) is 0 Å². The van der Waals surface area contributed by atoms with Crippen molar-refractivity contribution in [1.29, 1.82) is 0 Å². The summed E-state index contributed by atoms with van der Waals surface area (Å²) in [6.07, 6.45) is 4.46. The SMILES string of the molecule is C=C/C=C(\C)c1cc(-c2ccccc2)c(C)n1-c1cccc(CCC(=O)O)c1. The molecule has 0 atom stereocenters. The minimum Gasteiger partial charge on any atom is -0.481 e. The summed E-state index contributed by atoms with van der Waals surface area (Å²) in [6.45, 7) is 8.03. The highest BCUT2D eigenvalue weighted by molar-refractivity contribution is 5.76. The molecule has 0 aliphatic carbocycles. The first-order chi connectivity index (χ1) is 13.5. The highest BCUT2D eigenvalue weighted by Gasteiger charge is 2.16. The van der Waals surface area contributed by atoms with Gasteiger partial charge < -0.3 is 9.67 Å². The molecule has 0 spiro atoms. The lowest BCUT2D eigenvalue weighted by Gasteiger charge is -2.14. The molecule has 0 saturated carbocycles. The molecule has 3 nitrogen and oxygen atoms in total. The molecular formula is C25H25NO2. The van der Waals surface area contributed by atoms with Crippen LogP contribution in [0.4, 0.5) is 0 Å². The minimum atomic E-state index is -0.778. The molecule has 0 saturated heterocycles. The Morgan fingerprint density at radius 3 is 2.54 bits per heavy atom. The van der Waals surface area contributed by atoms with Crippen molar-refractivity contribution in [3.63, 3.8) is 0 Å². The van der Waals surface area contributed by atoms with Crippen LogP contribution in [0, 0.1) is 6.92 Å². The molecule has 0 aliphatic heterocycles. The molecule has 0 fully saturated rings. The van der Waals surface area contributed by atoms with Gasteiger partial charge in [-0.1, -0.05) is 61.2 Å². The van der Waals surface area contributed by atoms with Gasteiger partial charge in [-0.3, -0.25) is 4.79 Å². The summed E-state index contributed by atoms with van der Waals surface area (Å²) < 4.78 is 2.24. The topological polar surface area (TPSA) is 42.2 Å². The Hall–Kier alpha value is -3.33. The summed E-state index contributed by atoms with van der Waals surface area (Å²) in [5.41, 5.74) is 7.79. The van der Waals surface area contributed by atoms with Crippen LogP contribution in [0.2, 0.25) is 0 Å². The molecule has 1 N–H and O–H groups in total. The molecule has 0 bridgehead atoms. The third kappa shape index (κ3) is 4.15. The van der Waals surface area contributed by atoms with E-state index in [2.05, 4.69) is 55.3 Å².